The van der Waals surface area contributed by atoms with Crippen LogP contribution in [0.5, 0.6) is 0 Å². The van der Waals surface area contributed by atoms with Gasteiger partial charge < -0.3 is 10.1 Å². The van der Waals surface area contributed by atoms with Crippen LogP contribution in [0.2, 0.25) is 0 Å². The summed E-state index contributed by atoms with van der Waals surface area (Å²) in [6.07, 6.45) is 1.36. The fourth-order valence-corrected chi connectivity index (χ4v) is 4.43. The van der Waals surface area contributed by atoms with Crippen LogP contribution >= 0.6 is 0 Å². The highest BCUT2D eigenvalue weighted by atomic mass is 16.6. The van der Waals surface area contributed by atoms with Gasteiger partial charge in [-0.15, -0.1) is 0 Å². The standard InChI is InChI=1S/C21H29N3O2/c1-14(15-9-7-6-8-10-15)24-21(13-22)17(11-16-12-20(16,21)5)23-18(25)26-19(2,3)4/h6-10,14,16-17,24H,11-12H2,1-5H3,(H,23,25). The minimum atomic E-state index is -0.802. The molecule has 2 aliphatic rings. The van der Waals surface area contributed by atoms with Crippen LogP contribution in [-0.4, -0.2) is 23.3 Å². The van der Waals surface area contributed by atoms with E-state index in [0.29, 0.717) is 5.92 Å². The molecule has 3 rings (SSSR count). The number of fused-ring (bicyclic) bond motifs is 1. The fourth-order valence-electron chi connectivity index (χ4n) is 4.43. The van der Waals surface area contributed by atoms with E-state index in [1.165, 1.54) is 0 Å². The summed E-state index contributed by atoms with van der Waals surface area (Å²) in [5.41, 5.74) is -0.352. The van der Waals surface area contributed by atoms with E-state index >= 15 is 0 Å². The molecule has 5 unspecified atom stereocenters. The number of carbonyl (C=O) groups excluding carboxylic acids is 1. The minimum Gasteiger partial charge on any atom is -0.444 e. The molecular formula is C21H29N3O2. The molecule has 0 bridgehead atoms. The molecule has 5 heteroatoms. The maximum atomic E-state index is 12.3. The number of carbonyl (C=O) groups is 1. The molecule has 2 N–H and O–H groups in total. The summed E-state index contributed by atoms with van der Waals surface area (Å²) in [5.74, 6) is 0.456. The molecule has 0 heterocycles. The molecule has 140 valence electrons. The molecule has 2 fully saturated rings. The van der Waals surface area contributed by atoms with Crippen LogP contribution in [0.25, 0.3) is 0 Å². The third kappa shape index (κ3) is 3.19. The Balaban J connectivity index is 1.82. The second-order valence-electron chi connectivity index (χ2n) is 8.95. The fraction of sp³-hybridized carbons (Fsp3) is 0.619. The second kappa shape index (κ2) is 6.28. The predicted molar refractivity (Wildman–Crippen MR) is 100 cm³/mol. The highest BCUT2D eigenvalue weighted by Gasteiger charge is 2.73. The van der Waals surface area contributed by atoms with Crippen molar-refractivity contribution in [2.45, 2.75) is 70.7 Å². The predicted octanol–water partition coefficient (Wildman–Crippen LogP) is 3.92. The number of rotatable bonds is 4. The zero-order valence-electron chi connectivity index (χ0n) is 16.3. The van der Waals surface area contributed by atoms with Gasteiger partial charge in [-0.2, -0.15) is 5.26 Å². The van der Waals surface area contributed by atoms with E-state index in [4.69, 9.17) is 4.74 Å². The third-order valence-electron chi connectivity index (χ3n) is 5.97. The van der Waals surface area contributed by atoms with Gasteiger partial charge in [0.15, 0.2) is 0 Å². The van der Waals surface area contributed by atoms with Crippen LogP contribution in [-0.2, 0) is 4.74 Å². The van der Waals surface area contributed by atoms with Gasteiger partial charge in [-0.25, -0.2) is 4.79 Å². The van der Waals surface area contributed by atoms with Crippen LogP contribution in [0.15, 0.2) is 30.3 Å². The average molecular weight is 355 g/mol. The van der Waals surface area contributed by atoms with Gasteiger partial charge in [-0.05, 0) is 52.0 Å². The molecule has 0 saturated heterocycles. The number of benzene rings is 1. The average Bonchev–Trinajstić information content (AvgIpc) is 3.16. The molecule has 0 radical (unpaired) electrons. The molecule has 0 aromatic heterocycles. The Labute approximate surface area is 156 Å². The summed E-state index contributed by atoms with van der Waals surface area (Å²) in [6, 6.07) is 12.4. The number of hydrogen-bond donors (Lipinski definition) is 2. The molecule has 0 spiro atoms. The molecule has 2 aliphatic carbocycles. The van der Waals surface area contributed by atoms with Crippen LogP contribution in [0.3, 0.4) is 0 Å². The van der Waals surface area contributed by atoms with Crippen LogP contribution < -0.4 is 10.6 Å². The lowest BCUT2D eigenvalue weighted by Gasteiger charge is -2.39. The van der Waals surface area contributed by atoms with Gasteiger partial charge in [0, 0.05) is 11.5 Å². The van der Waals surface area contributed by atoms with Crippen molar-refractivity contribution in [3.05, 3.63) is 35.9 Å². The van der Waals surface area contributed by atoms with Gasteiger partial charge in [0.2, 0.25) is 0 Å². The molecule has 5 atom stereocenters. The maximum Gasteiger partial charge on any atom is 0.407 e. The second-order valence-corrected chi connectivity index (χ2v) is 8.95. The Hall–Kier alpha value is -2.06. The first-order chi connectivity index (χ1) is 12.1. The first-order valence-electron chi connectivity index (χ1n) is 9.35. The molecule has 0 aliphatic heterocycles. The van der Waals surface area contributed by atoms with Gasteiger partial charge in [0.25, 0.3) is 0 Å². The van der Waals surface area contributed by atoms with Gasteiger partial charge in [0.05, 0.1) is 12.1 Å². The van der Waals surface area contributed by atoms with Gasteiger partial charge in [-0.3, -0.25) is 5.32 Å². The number of amides is 1. The summed E-state index contributed by atoms with van der Waals surface area (Å²) in [6.45, 7) is 9.74. The first-order valence-corrected chi connectivity index (χ1v) is 9.35. The van der Waals surface area contributed by atoms with E-state index in [1.54, 1.807) is 0 Å². The Morgan fingerprint density at radius 2 is 2.00 bits per heavy atom. The van der Waals surface area contributed by atoms with Crippen LogP contribution in [0, 0.1) is 22.7 Å². The molecule has 5 nitrogen and oxygen atoms in total. The van der Waals surface area contributed by atoms with Crippen molar-refractivity contribution in [2.75, 3.05) is 0 Å². The van der Waals surface area contributed by atoms with Crippen molar-refractivity contribution in [1.82, 2.24) is 10.6 Å². The monoisotopic (exact) mass is 355 g/mol. The lowest BCUT2D eigenvalue weighted by atomic mass is 9.80. The summed E-state index contributed by atoms with van der Waals surface area (Å²) >= 11 is 0. The largest absolute Gasteiger partial charge is 0.444 e. The highest BCUT2D eigenvalue weighted by Crippen LogP contribution is 2.68. The number of hydrogen-bond acceptors (Lipinski definition) is 4. The number of ether oxygens (including phenoxy) is 1. The van der Waals surface area contributed by atoms with E-state index in [-0.39, 0.29) is 17.5 Å². The van der Waals surface area contributed by atoms with Crippen molar-refractivity contribution in [3.63, 3.8) is 0 Å². The molecule has 1 aromatic rings. The summed E-state index contributed by atoms with van der Waals surface area (Å²) in [7, 11) is 0. The third-order valence-corrected chi connectivity index (χ3v) is 5.97. The quantitative estimate of drug-likeness (QED) is 0.858. The Morgan fingerprint density at radius 1 is 1.35 bits per heavy atom. The van der Waals surface area contributed by atoms with Crippen molar-refractivity contribution in [2.24, 2.45) is 11.3 Å². The lowest BCUT2D eigenvalue weighted by molar-refractivity contribution is 0.0470. The molecule has 1 amide bonds. The van der Waals surface area contributed by atoms with Crippen molar-refractivity contribution in [3.8, 4) is 6.07 Å². The topological polar surface area (TPSA) is 74.2 Å². The minimum absolute atomic E-state index is 0.00922. The van der Waals surface area contributed by atoms with E-state index in [9.17, 15) is 10.1 Å². The number of nitrogens with one attached hydrogen (secondary N) is 2. The first kappa shape index (κ1) is 18.7. The van der Waals surface area contributed by atoms with E-state index in [1.807, 2.05) is 39.0 Å². The zero-order valence-corrected chi connectivity index (χ0v) is 16.3. The Morgan fingerprint density at radius 3 is 2.58 bits per heavy atom. The van der Waals surface area contributed by atoms with Crippen molar-refractivity contribution < 1.29 is 9.53 Å². The Kier molecular flexibility index (Phi) is 4.52. The number of nitrogens with zero attached hydrogens (tertiary/aromatic N) is 1. The Bertz CT molecular complexity index is 721. The zero-order chi connectivity index (χ0) is 19.2. The maximum absolute atomic E-state index is 12.3. The summed E-state index contributed by atoms with van der Waals surface area (Å²) < 4.78 is 5.42. The van der Waals surface area contributed by atoms with Gasteiger partial charge >= 0.3 is 6.09 Å². The lowest BCUT2D eigenvalue weighted by Crippen LogP contribution is -2.62. The van der Waals surface area contributed by atoms with E-state index in [0.717, 1.165) is 18.4 Å². The summed E-state index contributed by atoms with van der Waals surface area (Å²) in [4.78, 5) is 12.3. The van der Waals surface area contributed by atoms with E-state index in [2.05, 4.69) is 42.7 Å². The smallest absolute Gasteiger partial charge is 0.407 e. The SMILES string of the molecule is CC(NC1(C#N)C(NC(=O)OC(C)(C)C)CC2CC21C)c1ccccc1. The van der Waals surface area contributed by atoms with Gasteiger partial charge in [0.1, 0.15) is 11.1 Å². The van der Waals surface area contributed by atoms with E-state index < -0.39 is 17.2 Å². The molecule has 1 aromatic carbocycles. The normalized spacial score (nSPS) is 33.7. The van der Waals surface area contributed by atoms with Crippen LogP contribution in [0.1, 0.15) is 59.1 Å². The molecule has 26 heavy (non-hydrogen) atoms. The van der Waals surface area contributed by atoms with Crippen LogP contribution in [0.4, 0.5) is 4.79 Å². The van der Waals surface area contributed by atoms with Crippen molar-refractivity contribution in [1.29, 1.82) is 5.26 Å². The number of nitriles is 1. The van der Waals surface area contributed by atoms with Gasteiger partial charge in [-0.1, -0.05) is 37.3 Å². The molecule has 2 saturated carbocycles. The number of alkyl carbamates (subject to hydrolysis) is 1. The molecular weight excluding hydrogens is 326 g/mol. The summed E-state index contributed by atoms with van der Waals surface area (Å²) in [5, 5.41) is 16.7. The van der Waals surface area contributed by atoms with Crippen molar-refractivity contribution >= 4 is 6.09 Å². The highest BCUT2D eigenvalue weighted by molar-refractivity contribution is 5.69.